The molecule has 0 radical (unpaired) electrons. The molecule has 0 spiro atoms. The monoisotopic (exact) mass is 315 g/mol. The van der Waals surface area contributed by atoms with Crippen molar-refractivity contribution in [3.63, 3.8) is 0 Å². The van der Waals surface area contributed by atoms with Gasteiger partial charge in [0.2, 0.25) is 5.91 Å². The van der Waals surface area contributed by atoms with Gasteiger partial charge in [-0.15, -0.1) is 0 Å². The van der Waals surface area contributed by atoms with Gasteiger partial charge < -0.3 is 10.6 Å². The molecule has 0 saturated heterocycles. The zero-order chi connectivity index (χ0) is 15.1. The molecule has 108 valence electrons. The maximum atomic E-state index is 11.5. The first-order valence-corrected chi connectivity index (χ1v) is 6.77. The summed E-state index contributed by atoms with van der Waals surface area (Å²) in [7, 11) is 0. The van der Waals surface area contributed by atoms with E-state index in [-0.39, 0.29) is 21.7 Å². The quantitative estimate of drug-likeness (QED) is 0.495. The van der Waals surface area contributed by atoms with Gasteiger partial charge in [-0.3, -0.25) is 14.9 Å². The number of unbranched alkanes of at least 4 members (excludes halogenated alkanes) is 1. The Labute approximate surface area is 126 Å². The lowest BCUT2D eigenvalue weighted by Crippen LogP contribution is -2.33. The minimum atomic E-state index is -0.587. The number of carbonyl (C=O) groups is 1. The van der Waals surface area contributed by atoms with Crippen LogP contribution < -0.4 is 10.6 Å². The van der Waals surface area contributed by atoms with Crippen LogP contribution >= 0.6 is 23.8 Å². The first kappa shape index (κ1) is 16.3. The maximum absolute atomic E-state index is 11.5. The minimum Gasteiger partial charge on any atom is -0.332 e. The standard InChI is InChI=1S/C12H14ClN3O3S/c1-2-3-4-11(17)15-12(20)14-8-5-6-9(13)10(7-8)16(18)19/h5-7H,2-4H2,1H3,(H2,14,15,17,20). The van der Waals surface area contributed by atoms with E-state index in [2.05, 4.69) is 10.6 Å². The van der Waals surface area contributed by atoms with Crippen LogP contribution in [0.1, 0.15) is 26.2 Å². The Morgan fingerprint density at radius 3 is 2.80 bits per heavy atom. The van der Waals surface area contributed by atoms with Crippen LogP contribution in [0, 0.1) is 10.1 Å². The number of anilines is 1. The molecule has 0 bridgehead atoms. The fourth-order valence-corrected chi connectivity index (χ4v) is 1.84. The average molecular weight is 316 g/mol. The van der Waals surface area contributed by atoms with E-state index >= 15 is 0 Å². The van der Waals surface area contributed by atoms with Crippen LogP contribution in [0.2, 0.25) is 5.02 Å². The number of nitro benzene ring substituents is 1. The van der Waals surface area contributed by atoms with Crippen LogP contribution in [-0.4, -0.2) is 15.9 Å². The molecule has 0 aromatic heterocycles. The Bertz CT molecular complexity index is 537. The Hall–Kier alpha value is -1.73. The van der Waals surface area contributed by atoms with Gasteiger partial charge in [0.15, 0.2) is 5.11 Å². The van der Waals surface area contributed by atoms with Gasteiger partial charge >= 0.3 is 0 Å². The summed E-state index contributed by atoms with van der Waals surface area (Å²) >= 11 is 10.7. The fraction of sp³-hybridized carbons (Fsp3) is 0.333. The number of nitrogens with zero attached hydrogens (tertiary/aromatic N) is 1. The van der Waals surface area contributed by atoms with Crippen molar-refractivity contribution >= 4 is 46.2 Å². The van der Waals surface area contributed by atoms with E-state index in [0.717, 1.165) is 12.8 Å². The molecule has 0 saturated carbocycles. The lowest BCUT2D eigenvalue weighted by atomic mass is 10.2. The molecule has 6 nitrogen and oxygen atoms in total. The van der Waals surface area contributed by atoms with Crippen LogP contribution in [0.5, 0.6) is 0 Å². The van der Waals surface area contributed by atoms with Crippen molar-refractivity contribution < 1.29 is 9.72 Å². The zero-order valence-electron chi connectivity index (χ0n) is 10.8. The molecule has 20 heavy (non-hydrogen) atoms. The molecule has 1 aromatic rings. The van der Waals surface area contributed by atoms with Gasteiger partial charge in [0.1, 0.15) is 5.02 Å². The van der Waals surface area contributed by atoms with Gasteiger partial charge in [0, 0.05) is 18.2 Å². The lowest BCUT2D eigenvalue weighted by molar-refractivity contribution is -0.384. The summed E-state index contributed by atoms with van der Waals surface area (Å²) in [4.78, 5) is 21.6. The molecule has 1 amide bonds. The smallest absolute Gasteiger partial charge is 0.289 e. The van der Waals surface area contributed by atoms with Crippen LogP contribution in [0.15, 0.2) is 18.2 Å². The number of nitrogens with one attached hydrogen (secondary N) is 2. The number of thiocarbonyl (C=S) groups is 1. The highest BCUT2D eigenvalue weighted by Gasteiger charge is 2.13. The van der Waals surface area contributed by atoms with Crippen molar-refractivity contribution in [1.29, 1.82) is 0 Å². The number of nitro groups is 1. The van der Waals surface area contributed by atoms with Crippen LogP contribution in [0.4, 0.5) is 11.4 Å². The average Bonchev–Trinajstić information content (AvgIpc) is 2.38. The topological polar surface area (TPSA) is 84.3 Å². The first-order chi connectivity index (χ1) is 9.43. The van der Waals surface area contributed by atoms with E-state index in [1.807, 2.05) is 6.92 Å². The van der Waals surface area contributed by atoms with Crippen molar-refractivity contribution in [2.45, 2.75) is 26.2 Å². The highest BCUT2D eigenvalue weighted by molar-refractivity contribution is 7.80. The molecule has 0 heterocycles. The maximum Gasteiger partial charge on any atom is 0.289 e. The minimum absolute atomic E-state index is 0.0402. The Morgan fingerprint density at radius 1 is 1.50 bits per heavy atom. The molecule has 0 aliphatic rings. The predicted octanol–water partition coefficient (Wildman–Crippen LogP) is 3.25. The van der Waals surface area contributed by atoms with Crippen LogP contribution in [0.25, 0.3) is 0 Å². The Balaban J connectivity index is 2.64. The highest BCUT2D eigenvalue weighted by Crippen LogP contribution is 2.27. The van der Waals surface area contributed by atoms with E-state index in [1.165, 1.54) is 12.1 Å². The van der Waals surface area contributed by atoms with Gasteiger partial charge in [0.25, 0.3) is 5.69 Å². The van der Waals surface area contributed by atoms with E-state index < -0.39 is 4.92 Å². The van der Waals surface area contributed by atoms with Crippen molar-refractivity contribution in [2.75, 3.05) is 5.32 Å². The van der Waals surface area contributed by atoms with Gasteiger partial charge in [0.05, 0.1) is 4.92 Å². The second-order valence-corrected chi connectivity index (χ2v) is 4.84. The summed E-state index contributed by atoms with van der Waals surface area (Å²) in [6.45, 7) is 1.98. The van der Waals surface area contributed by atoms with Crippen molar-refractivity contribution in [1.82, 2.24) is 5.32 Å². The summed E-state index contributed by atoms with van der Waals surface area (Å²) < 4.78 is 0. The number of rotatable bonds is 5. The van der Waals surface area contributed by atoms with Crippen LogP contribution in [-0.2, 0) is 4.79 Å². The van der Waals surface area contributed by atoms with Gasteiger partial charge in [-0.05, 0) is 30.8 Å². The normalized spacial score (nSPS) is 9.90. The zero-order valence-corrected chi connectivity index (χ0v) is 12.4. The molecule has 0 atom stereocenters. The number of hydrogen-bond acceptors (Lipinski definition) is 4. The number of hydrogen-bond donors (Lipinski definition) is 2. The molecular formula is C12H14ClN3O3S. The second-order valence-electron chi connectivity index (χ2n) is 4.03. The molecular weight excluding hydrogens is 302 g/mol. The number of halogens is 1. The van der Waals surface area contributed by atoms with Crippen LogP contribution in [0.3, 0.4) is 0 Å². The van der Waals surface area contributed by atoms with Gasteiger partial charge in [-0.2, -0.15) is 0 Å². The molecule has 0 unspecified atom stereocenters. The molecule has 2 N–H and O–H groups in total. The summed E-state index contributed by atoms with van der Waals surface area (Å²) in [5, 5.41) is 16.1. The molecule has 0 fully saturated rings. The summed E-state index contributed by atoms with van der Waals surface area (Å²) in [5.74, 6) is -0.187. The number of benzene rings is 1. The molecule has 8 heteroatoms. The third-order valence-electron chi connectivity index (χ3n) is 2.41. The SMILES string of the molecule is CCCCC(=O)NC(=S)Nc1ccc(Cl)c([N+](=O)[O-])c1. The largest absolute Gasteiger partial charge is 0.332 e. The van der Waals surface area contributed by atoms with E-state index in [1.54, 1.807) is 6.07 Å². The Kier molecular flexibility index (Phi) is 6.33. The van der Waals surface area contributed by atoms with Crippen molar-refractivity contribution in [2.24, 2.45) is 0 Å². The molecule has 0 aliphatic heterocycles. The first-order valence-electron chi connectivity index (χ1n) is 5.98. The highest BCUT2D eigenvalue weighted by atomic mass is 35.5. The van der Waals surface area contributed by atoms with Gasteiger partial charge in [-0.25, -0.2) is 0 Å². The van der Waals surface area contributed by atoms with Crippen molar-refractivity contribution in [3.05, 3.63) is 33.3 Å². The third kappa shape index (κ3) is 5.10. The van der Waals surface area contributed by atoms with E-state index in [0.29, 0.717) is 12.1 Å². The molecule has 1 rings (SSSR count). The molecule has 1 aromatic carbocycles. The number of carbonyl (C=O) groups excluding carboxylic acids is 1. The summed E-state index contributed by atoms with van der Waals surface area (Å²) in [6, 6.07) is 4.19. The van der Waals surface area contributed by atoms with E-state index in [4.69, 9.17) is 23.8 Å². The summed E-state index contributed by atoms with van der Waals surface area (Å²) in [5.41, 5.74) is 0.165. The van der Waals surface area contributed by atoms with Crippen molar-refractivity contribution in [3.8, 4) is 0 Å². The second kappa shape index (κ2) is 7.76. The summed E-state index contributed by atoms with van der Waals surface area (Å²) in [6.07, 6.45) is 2.08. The lowest BCUT2D eigenvalue weighted by Gasteiger charge is -2.09. The molecule has 0 aliphatic carbocycles. The Morgan fingerprint density at radius 2 is 2.20 bits per heavy atom. The predicted molar refractivity (Wildman–Crippen MR) is 82.0 cm³/mol. The van der Waals surface area contributed by atoms with E-state index in [9.17, 15) is 14.9 Å². The number of amides is 1. The third-order valence-corrected chi connectivity index (χ3v) is 2.93. The van der Waals surface area contributed by atoms with Gasteiger partial charge in [-0.1, -0.05) is 24.9 Å². The fourth-order valence-electron chi connectivity index (χ4n) is 1.42.